The summed E-state index contributed by atoms with van der Waals surface area (Å²) >= 11 is 1.73. The molecule has 1 rings (SSSR count). The molecule has 1 unspecified atom stereocenters. The first-order valence-corrected chi connectivity index (χ1v) is 10.0. The van der Waals surface area contributed by atoms with Gasteiger partial charge in [0.15, 0.2) is 0 Å². The van der Waals surface area contributed by atoms with Gasteiger partial charge in [0.25, 0.3) is 0 Å². The lowest BCUT2D eigenvalue weighted by atomic mass is 10.1. The first-order valence-electron chi connectivity index (χ1n) is 7.19. The van der Waals surface area contributed by atoms with Gasteiger partial charge in [0.1, 0.15) is 0 Å². The Kier molecular flexibility index (Phi) is 7.73. The quantitative estimate of drug-likeness (QED) is 0.755. The van der Waals surface area contributed by atoms with E-state index < -0.39 is 10.0 Å². The molecule has 0 amide bonds. The van der Waals surface area contributed by atoms with Crippen LogP contribution in [0.1, 0.15) is 25.3 Å². The van der Waals surface area contributed by atoms with Crippen molar-refractivity contribution in [1.82, 2.24) is 4.31 Å². The van der Waals surface area contributed by atoms with E-state index >= 15 is 0 Å². The zero-order valence-corrected chi connectivity index (χ0v) is 14.7. The second-order valence-corrected chi connectivity index (χ2v) is 8.17. The molecule has 1 aromatic carbocycles. The number of hydrogen-bond donors (Lipinski definition) is 1. The van der Waals surface area contributed by atoms with Crippen LogP contribution in [0.25, 0.3) is 0 Å². The summed E-state index contributed by atoms with van der Waals surface area (Å²) in [5.41, 5.74) is 6.61. The van der Waals surface area contributed by atoms with Gasteiger partial charge in [0.2, 0.25) is 10.0 Å². The van der Waals surface area contributed by atoms with Gasteiger partial charge in [0, 0.05) is 13.1 Å². The van der Waals surface area contributed by atoms with Crippen molar-refractivity contribution in [3.63, 3.8) is 0 Å². The van der Waals surface area contributed by atoms with Gasteiger partial charge >= 0.3 is 0 Å². The molecule has 0 aliphatic heterocycles. The Morgan fingerprint density at radius 1 is 1.29 bits per heavy atom. The summed E-state index contributed by atoms with van der Waals surface area (Å²) in [5.74, 6) is 0.957. The highest BCUT2D eigenvalue weighted by molar-refractivity contribution is 7.98. The number of rotatable bonds is 9. The molecule has 0 aliphatic rings. The smallest absolute Gasteiger partial charge is 0.243 e. The molecule has 0 aromatic heterocycles. The third-order valence-corrected chi connectivity index (χ3v) is 6.26. The maximum atomic E-state index is 12.6. The molecule has 1 aromatic rings. The van der Waals surface area contributed by atoms with Crippen LogP contribution in [0.4, 0.5) is 0 Å². The van der Waals surface area contributed by atoms with Gasteiger partial charge in [-0.1, -0.05) is 12.1 Å². The van der Waals surface area contributed by atoms with E-state index in [0.717, 1.165) is 30.6 Å². The van der Waals surface area contributed by atoms with Crippen molar-refractivity contribution in [1.29, 1.82) is 0 Å². The number of benzene rings is 1. The monoisotopic (exact) mass is 330 g/mol. The summed E-state index contributed by atoms with van der Waals surface area (Å²) in [4.78, 5) is 0.359. The summed E-state index contributed by atoms with van der Waals surface area (Å²) in [6, 6.07) is 7.14. The first-order chi connectivity index (χ1) is 9.93. The third kappa shape index (κ3) is 5.29. The van der Waals surface area contributed by atoms with Crippen molar-refractivity contribution >= 4 is 21.8 Å². The lowest BCUT2D eigenvalue weighted by molar-refractivity contribution is 0.382. The molecule has 0 heterocycles. The van der Waals surface area contributed by atoms with Crippen LogP contribution in [0.15, 0.2) is 29.2 Å². The van der Waals surface area contributed by atoms with Crippen LogP contribution < -0.4 is 5.73 Å². The van der Waals surface area contributed by atoms with Gasteiger partial charge in [-0.2, -0.15) is 16.1 Å². The minimum absolute atomic E-state index is 0.000586. The van der Waals surface area contributed by atoms with E-state index in [4.69, 9.17) is 5.73 Å². The molecular weight excluding hydrogens is 304 g/mol. The molecule has 0 spiro atoms. The van der Waals surface area contributed by atoms with Gasteiger partial charge in [-0.3, -0.25) is 0 Å². The van der Waals surface area contributed by atoms with Crippen molar-refractivity contribution in [3.05, 3.63) is 29.8 Å². The summed E-state index contributed by atoms with van der Waals surface area (Å²) in [6.45, 7) is 2.60. The minimum Gasteiger partial charge on any atom is -0.330 e. The standard InChI is InChI=1S/C15H26N2O2S2/c1-13(10-12-20-3)17(2)21(18,19)15-8-6-14(7-9-15)5-4-11-16/h6-9,13H,4-5,10-12,16H2,1-3H3. The molecule has 4 nitrogen and oxygen atoms in total. The minimum atomic E-state index is -3.41. The Hall–Kier alpha value is -0.560. The van der Waals surface area contributed by atoms with E-state index in [0.29, 0.717) is 11.4 Å². The maximum absolute atomic E-state index is 12.6. The molecule has 2 N–H and O–H groups in total. The number of hydrogen-bond acceptors (Lipinski definition) is 4. The Morgan fingerprint density at radius 3 is 2.43 bits per heavy atom. The average molecular weight is 331 g/mol. The fraction of sp³-hybridized carbons (Fsp3) is 0.600. The molecule has 21 heavy (non-hydrogen) atoms. The number of nitrogens with zero attached hydrogens (tertiary/aromatic N) is 1. The molecule has 1 atom stereocenters. The Morgan fingerprint density at radius 2 is 1.90 bits per heavy atom. The molecule has 120 valence electrons. The van der Waals surface area contributed by atoms with Gasteiger partial charge in [-0.15, -0.1) is 0 Å². The number of aryl methyl sites for hydroxylation is 1. The maximum Gasteiger partial charge on any atom is 0.243 e. The second kappa shape index (κ2) is 8.78. The van der Waals surface area contributed by atoms with Gasteiger partial charge in [-0.05, 0) is 62.4 Å². The fourth-order valence-corrected chi connectivity index (χ4v) is 3.98. The zero-order valence-electron chi connectivity index (χ0n) is 13.1. The van der Waals surface area contributed by atoms with E-state index in [-0.39, 0.29) is 6.04 Å². The molecule has 6 heteroatoms. The number of thioether (sulfide) groups is 1. The Balaban J connectivity index is 2.81. The van der Waals surface area contributed by atoms with Crippen molar-refractivity contribution in [2.24, 2.45) is 5.73 Å². The van der Waals surface area contributed by atoms with Crippen LogP contribution in [-0.2, 0) is 16.4 Å². The summed E-state index contributed by atoms with van der Waals surface area (Å²) in [7, 11) is -1.75. The van der Waals surface area contributed by atoms with E-state index in [1.165, 1.54) is 4.31 Å². The van der Waals surface area contributed by atoms with Crippen LogP contribution in [0, 0.1) is 0 Å². The molecule has 0 saturated heterocycles. The summed E-state index contributed by atoms with van der Waals surface area (Å²) < 4.78 is 26.6. The summed E-state index contributed by atoms with van der Waals surface area (Å²) in [6.07, 6.45) is 4.68. The van der Waals surface area contributed by atoms with Crippen molar-refractivity contribution < 1.29 is 8.42 Å². The van der Waals surface area contributed by atoms with Gasteiger partial charge in [0.05, 0.1) is 4.90 Å². The summed E-state index contributed by atoms with van der Waals surface area (Å²) in [5, 5.41) is 0. The van der Waals surface area contributed by atoms with E-state index in [9.17, 15) is 8.42 Å². The van der Waals surface area contributed by atoms with Crippen LogP contribution in [-0.4, -0.2) is 44.4 Å². The highest BCUT2D eigenvalue weighted by Crippen LogP contribution is 2.19. The molecule has 0 aliphatic carbocycles. The predicted octanol–water partition coefficient (Wildman–Crippen LogP) is 2.34. The predicted molar refractivity (Wildman–Crippen MR) is 91.2 cm³/mol. The fourth-order valence-electron chi connectivity index (χ4n) is 2.01. The Labute approximate surface area is 133 Å². The van der Waals surface area contributed by atoms with Crippen LogP contribution >= 0.6 is 11.8 Å². The van der Waals surface area contributed by atoms with Crippen LogP contribution in [0.5, 0.6) is 0 Å². The highest BCUT2D eigenvalue weighted by atomic mass is 32.2. The number of nitrogens with two attached hydrogens (primary N) is 1. The van der Waals surface area contributed by atoms with Gasteiger partial charge in [-0.25, -0.2) is 8.42 Å². The average Bonchev–Trinajstić information content (AvgIpc) is 2.50. The molecule has 0 bridgehead atoms. The number of sulfonamides is 1. The largest absolute Gasteiger partial charge is 0.330 e. The van der Waals surface area contributed by atoms with Crippen LogP contribution in [0.2, 0.25) is 0 Å². The van der Waals surface area contributed by atoms with Crippen molar-refractivity contribution in [2.45, 2.75) is 37.1 Å². The SMILES string of the molecule is CSCCC(C)N(C)S(=O)(=O)c1ccc(CCCN)cc1. The highest BCUT2D eigenvalue weighted by Gasteiger charge is 2.24. The molecular formula is C15H26N2O2S2. The van der Waals surface area contributed by atoms with E-state index in [1.807, 2.05) is 25.3 Å². The normalized spacial score (nSPS) is 13.6. The van der Waals surface area contributed by atoms with E-state index in [2.05, 4.69) is 0 Å². The van der Waals surface area contributed by atoms with Gasteiger partial charge < -0.3 is 5.73 Å². The lowest BCUT2D eigenvalue weighted by Gasteiger charge is -2.24. The second-order valence-electron chi connectivity index (χ2n) is 5.19. The van der Waals surface area contributed by atoms with Crippen molar-refractivity contribution in [3.8, 4) is 0 Å². The van der Waals surface area contributed by atoms with Crippen LogP contribution in [0.3, 0.4) is 0 Å². The first kappa shape index (κ1) is 18.5. The zero-order chi connectivity index (χ0) is 15.9. The molecule has 0 radical (unpaired) electrons. The van der Waals surface area contributed by atoms with E-state index in [1.54, 1.807) is 30.9 Å². The topological polar surface area (TPSA) is 63.4 Å². The third-order valence-electron chi connectivity index (χ3n) is 3.63. The van der Waals surface area contributed by atoms with Crippen molar-refractivity contribution in [2.75, 3.05) is 25.6 Å². The molecule has 0 saturated carbocycles. The molecule has 0 fully saturated rings. The lowest BCUT2D eigenvalue weighted by Crippen LogP contribution is -2.35. The Bertz CT molecular complexity index is 515.